The molecule has 1 heterocycles. The zero-order valence-corrected chi connectivity index (χ0v) is 15.3. The molecule has 0 spiro atoms. The number of esters is 1. The Morgan fingerprint density at radius 3 is 2.81 bits per heavy atom. The number of nitriles is 1. The smallest absolute Gasteiger partial charge is 0.337 e. The summed E-state index contributed by atoms with van der Waals surface area (Å²) in [6, 6.07) is 15.6. The molecule has 26 heavy (non-hydrogen) atoms. The van der Waals surface area contributed by atoms with Gasteiger partial charge in [-0.15, -0.1) is 0 Å². The Bertz CT molecular complexity index is 985. The van der Waals surface area contributed by atoms with Crippen molar-refractivity contribution in [3.63, 3.8) is 0 Å². The van der Waals surface area contributed by atoms with Crippen molar-refractivity contribution in [3.05, 3.63) is 70.4 Å². The number of aryl methyl sites for hydroxylation is 3. The van der Waals surface area contributed by atoms with E-state index >= 15 is 0 Å². The number of aromatic nitrogens is 1. The fraction of sp³-hybridized carbons (Fsp3) is 0.238. The van der Waals surface area contributed by atoms with E-state index in [2.05, 4.69) is 22.9 Å². The molecule has 0 aliphatic rings. The molecule has 0 fully saturated rings. The maximum atomic E-state index is 11.9. The van der Waals surface area contributed by atoms with Gasteiger partial charge in [0.15, 0.2) is 0 Å². The second kappa shape index (κ2) is 8.07. The molecule has 0 amide bonds. The molecule has 2 aromatic carbocycles. The highest BCUT2D eigenvalue weighted by Crippen LogP contribution is 2.25. The molecule has 0 unspecified atom stereocenters. The summed E-state index contributed by atoms with van der Waals surface area (Å²) >= 11 is 6.07. The SMILES string of the molecule is COC(=O)c1ccc2c(c1)c(CCc1cccc(Cl)c1)cn2CCC#N. The molecule has 0 aliphatic heterocycles. The molecule has 0 bridgehead atoms. The van der Waals surface area contributed by atoms with Crippen LogP contribution in [0.3, 0.4) is 0 Å². The van der Waals surface area contributed by atoms with Crippen LogP contribution in [0.15, 0.2) is 48.7 Å². The Hall–Kier alpha value is -2.77. The van der Waals surface area contributed by atoms with E-state index < -0.39 is 0 Å². The predicted molar refractivity (Wildman–Crippen MR) is 102 cm³/mol. The normalized spacial score (nSPS) is 10.7. The number of nitrogens with zero attached hydrogens (tertiary/aromatic N) is 2. The highest BCUT2D eigenvalue weighted by atomic mass is 35.5. The summed E-state index contributed by atoms with van der Waals surface area (Å²) in [4.78, 5) is 11.9. The zero-order valence-electron chi connectivity index (χ0n) is 14.5. The van der Waals surface area contributed by atoms with Gasteiger partial charge >= 0.3 is 5.97 Å². The fourth-order valence-electron chi connectivity index (χ4n) is 3.14. The Morgan fingerprint density at radius 1 is 1.23 bits per heavy atom. The van der Waals surface area contributed by atoms with E-state index in [9.17, 15) is 4.79 Å². The lowest BCUT2D eigenvalue weighted by atomic mass is 10.0. The van der Waals surface area contributed by atoms with E-state index in [0.29, 0.717) is 18.5 Å². The molecule has 1 aromatic heterocycles. The summed E-state index contributed by atoms with van der Waals surface area (Å²) in [5.41, 5.74) is 3.86. The number of carbonyl (C=O) groups is 1. The van der Waals surface area contributed by atoms with Crippen LogP contribution in [-0.2, 0) is 24.1 Å². The van der Waals surface area contributed by atoms with Gasteiger partial charge in [0.2, 0.25) is 0 Å². The lowest BCUT2D eigenvalue weighted by Crippen LogP contribution is -2.01. The molecular weight excluding hydrogens is 348 g/mol. The summed E-state index contributed by atoms with van der Waals surface area (Å²) < 4.78 is 6.91. The number of benzene rings is 2. The van der Waals surface area contributed by atoms with Gasteiger partial charge < -0.3 is 9.30 Å². The first-order chi connectivity index (χ1) is 12.6. The van der Waals surface area contributed by atoms with Crippen molar-refractivity contribution < 1.29 is 9.53 Å². The number of hydrogen-bond acceptors (Lipinski definition) is 3. The lowest BCUT2D eigenvalue weighted by Gasteiger charge is -2.04. The zero-order chi connectivity index (χ0) is 18.5. The van der Waals surface area contributed by atoms with E-state index in [4.69, 9.17) is 21.6 Å². The Morgan fingerprint density at radius 2 is 2.08 bits per heavy atom. The van der Waals surface area contributed by atoms with Gasteiger partial charge in [-0.1, -0.05) is 23.7 Å². The van der Waals surface area contributed by atoms with Gasteiger partial charge in [-0.05, 0) is 54.3 Å². The summed E-state index contributed by atoms with van der Waals surface area (Å²) in [7, 11) is 1.38. The van der Waals surface area contributed by atoms with Crippen LogP contribution >= 0.6 is 11.6 Å². The summed E-state index contributed by atoms with van der Waals surface area (Å²) in [5, 5.41) is 10.6. The lowest BCUT2D eigenvalue weighted by molar-refractivity contribution is 0.0601. The molecule has 132 valence electrons. The molecule has 0 atom stereocenters. The van der Waals surface area contributed by atoms with Crippen molar-refractivity contribution in [2.45, 2.75) is 25.8 Å². The molecule has 3 rings (SSSR count). The Kier molecular flexibility index (Phi) is 5.60. The average molecular weight is 367 g/mol. The van der Waals surface area contributed by atoms with Crippen LogP contribution in [0.5, 0.6) is 0 Å². The molecule has 4 nitrogen and oxygen atoms in total. The second-order valence-electron chi connectivity index (χ2n) is 6.11. The van der Waals surface area contributed by atoms with Crippen molar-refractivity contribution in [2.24, 2.45) is 0 Å². The van der Waals surface area contributed by atoms with Crippen molar-refractivity contribution in [3.8, 4) is 6.07 Å². The van der Waals surface area contributed by atoms with Crippen molar-refractivity contribution >= 4 is 28.5 Å². The molecule has 0 saturated heterocycles. The maximum absolute atomic E-state index is 11.9. The van der Waals surface area contributed by atoms with Gasteiger partial charge in [0.1, 0.15) is 0 Å². The molecule has 0 radical (unpaired) electrons. The third-order valence-electron chi connectivity index (χ3n) is 4.42. The maximum Gasteiger partial charge on any atom is 0.337 e. The number of rotatable bonds is 6. The summed E-state index contributed by atoms with van der Waals surface area (Å²) in [6.45, 7) is 0.627. The molecule has 5 heteroatoms. The first kappa shape index (κ1) is 18.0. The number of methoxy groups -OCH3 is 1. The number of ether oxygens (including phenoxy) is 1. The van der Waals surface area contributed by atoms with Gasteiger partial charge in [0.05, 0.1) is 25.2 Å². The van der Waals surface area contributed by atoms with E-state index in [1.807, 2.05) is 30.3 Å². The van der Waals surface area contributed by atoms with Crippen LogP contribution in [0.25, 0.3) is 10.9 Å². The molecule has 3 aromatic rings. The van der Waals surface area contributed by atoms with Gasteiger partial charge in [-0.2, -0.15) is 5.26 Å². The van der Waals surface area contributed by atoms with Crippen molar-refractivity contribution in [1.29, 1.82) is 5.26 Å². The highest BCUT2D eigenvalue weighted by Gasteiger charge is 2.13. The van der Waals surface area contributed by atoms with E-state index in [0.717, 1.165) is 34.3 Å². The van der Waals surface area contributed by atoms with E-state index in [1.54, 1.807) is 6.07 Å². The largest absolute Gasteiger partial charge is 0.465 e. The quantitative estimate of drug-likeness (QED) is 0.590. The Balaban J connectivity index is 1.95. The monoisotopic (exact) mass is 366 g/mol. The van der Waals surface area contributed by atoms with Crippen LogP contribution in [0.1, 0.15) is 27.9 Å². The van der Waals surface area contributed by atoms with Gasteiger partial charge in [0, 0.05) is 28.7 Å². The number of hydrogen-bond donors (Lipinski definition) is 0. The first-order valence-electron chi connectivity index (χ1n) is 8.44. The summed E-state index contributed by atoms with van der Waals surface area (Å²) in [5.74, 6) is -0.350. The van der Waals surface area contributed by atoms with E-state index in [1.165, 1.54) is 12.7 Å². The van der Waals surface area contributed by atoms with Crippen molar-refractivity contribution in [1.82, 2.24) is 4.57 Å². The third-order valence-corrected chi connectivity index (χ3v) is 4.66. The minimum atomic E-state index is -0.350. The van der Waals surface area contributed by atoms with Crippen LogP contribution in [-0.4, -0.2) is 17.6 Å². The van der Waals surface area contributed by atoms with E-state index in [-0.39, 0.29) is 5.97 Å². The minimum absolute atomic E-state index is 0.350. The number of carbonyl (C=O) groups excluding carboxylic acids is 1. The van der Waals surface area contributed by atoms with Crippen LogP contribution < -0.4 is 0 Å². The predicted octanol–water partition coefficient (Wildman–Crippen LogP) is 4.78. The molecular formula is C21H19ClN2O2. The van der Waals surface area contributed by atoms with Crippen LogP contribution in [0, 0.1) is 11.3 Å². The molecule has 0 aliphatic carbocycles. The Labute approximate surface area is 157 Å². The van der Waals surface area contributed by atoms with Gasteiger partial charge in [0.25, 0.3) is 0 Å². The average Bonchev–Trinajstić information content (AvgIpc) is 3.01. The van der Waals surface area contributed by atoms with Crippen LogP contribution in [0.4, 0.5) is 0 Å². The molecule has 0 saturated carbocycles. The minimum Gasteiger partial charge on any atom is -0.465 e. The third kappa shape index (κ3) is 3.89. The van der Waals surface area contributed by atoms with Crippen molar-refractivity contribution in [2.75, 3.05) is 7.11 Å². The topological polar surface area (TPSA) is 55.0 Å². The number of halogens is 1. The first-order valence-corrected chi connectivity index (χ1v) is 8.81. The standard InChI is InChI=1S/C21H19ClN2O2/c1-26-21(25)16-8-9-20-19(13-16)17(14-24(20)11-3-10-23)7-6-15-4-2-5-18(22)12-15/h2,4-5,8-9,12-14H,3,6-7,11H2,1H3. The second-order valence-corrected chi connectivity index (χ2v) is 6.55. The highest BCUT2D eigenvalue weighted by molar-refractivity contribution is 6.30. The number of fused-ring (bicyclic) bond motifs is 1. The summed E-state index contributed by atoms with van der Waals surface area (Å²) in [6.07, 6.45) is 4.19. The molecule has 0 N–H and O–H groups in total. The van der Waals surface area contributed by atoms with Gasteiger partial charge in [-0.25, -0.2) is 4.79 Å². The van der Waals surface area contributed by atoms with Gasteiger partial charge in [-0.3, -0.25) is 0 Å². The van der Waals surface area contributed by atoms with Crippen LogP contribution in [0.2, 0.25) is 5.02 Å². The fourth-order valence-corrected chi connectivity index (χ4v) is 3.35.